The van der Waals surface area contributed by atoms with Gasteiger partial charge in [-0.1, -0.05) is 0 Å². The number of aromatic nitrogens is 2. The van der Waals surface area contributed by atoms with Crippen LogP contribution < -0.4 is 5.32 Å². The first-order chi connectivity index (χ1) is 11.4. The van der Waals surface area contributed by atoms with E-state index < -0.39 is 5.54 Å². The lowest BCUT2D eigenvalue weighted by Crippen LogP contribution is -2.41. The highest BCUT2D eigenvalue weighted by Crippen LogP contribution is 2.26. The minimum atomic E-state index is -0.771. The summed E-state index contributed by atoms with van der Waals surface area (Å²) in [7, 11) is 1.99. The average Bonchev–Trinajstić information content (AvgIpc) is 3.04. The molecular weight excluding hydrogens is 306 g/mol. The van der Waals surface area contributed by atoms with Crippen LogP contribution in [0.25, 0.3) is 0 Å². The van der Waals surface area contributed by atoms with Crippen LogP contribution in [0.4, 0.5) is 4.79 Å². The number of carbonyl (C=O) groups excluding carboxylic acids is 2. The fourth-order valence-corrected chi connectivity index (χ4v) is 3.76. The van der Waals surface area contributed by atoms with Crippen molar-refractivity contribution in [1.82, 2.24) is 24.9 Å². The van der Waals surface area contributed by atoms with E-state index in [1.165, 1.54) is 23.4 Å². The summed E-state index contributed by atoms with van der Waals surface area (Å²) in [5, 5.41) is 7.00. The van der Waals surface area contributed by atoms with E-state index in [0.717, 1.165) is 26.1 Å². The normalized spacial score (nSPS) is 24.5. The molecule has 3 rings (SSSR count). The van der Waals surface area contributed by atoms with E-state index in [9.17, 15) is 9.59 Å². The van der Waals surface area contributed by atoms with Gasteiger partial charge in [-0.25, -0.2) is 4.79 Å². The Morgan fingerprint density at radius 3 is 2.75 bits per heavy atom. The number of nitrogens with one attached hydrogen (secondary N) is 1. The predicted octanol–water partition coefficient (Wildman–Crippen LogP) is 1.32. The maximum absolute atomic E-state index is 12.2. The van der Waals surface area contributed by atoms with E-state index in [1.807, 2.05) is 17.9 Å². The summed E-state index contributed by atoms with van der Waals surface area (Å²) in [4.78, 5) is 27.9. The van der Waals surface area contributed by atoms with Gasteiger partial charge in [-0.3, -0.25) is 14.4 Å². The van der Waals surface area contributed by atoms with Gasteiger partial charge < -0.3 is 10.2 Å². The lowest BCUT2D eigenvalue weighted by Gasteiger charge is -2.33. The molecule has 3 heterocycles. The average molecular weight is 333 g/mol. The van der Waals surface area contributed by atoms with Crippen LogP contribution in [0.1, 0.15) is 44.7 Å². The molecule has 1 N–H and O–H groups in total. The molecule has 2 aliphatic rings. The molecule has 7 heteroatoms. The Balaban J connectivity index is 1.50. The van der Waals surface area contributed by atoms with Crippen molar-refractivity contribution in [2.75, 3.05) is 26.2 Å². The molecule has 1 aromatic rings. The van der Waals surface area contributed by atoms with Gasteiger partial charge in [-0.05, 0) is 52.3 Å². The Bertz CT molecular complexity index is 624. The molecular formula is C17H27N5O2. The van der Waals surface area contributed by atoms with Crippen LogP contribution >= 0.6 is 0 Å². The van der Waals surface area contributed by atoms with Crippen molar-refractivity contribution in [2.45, 2.75) is 44.6 Å². The summed E-state index contributed by atoms with van der Waals surface area (Å²) in [6.07, 6.45) is 5.03. The molecule has 132 valence electrons. The van der Waals surface area contributed by atoms with Gasteiger partial charge in [0.15, 0.2) is 0 Å². The number of aryl methyl sites for hydroxylation is 1. The van der Waals surface area contributed by atoms with Crippen LogP contribution in [0.3, 0.4) is 0 Å². The minimum absolute atomic E-state index is 0.126. The van der Waals surface area contributed by atoms with Crippen LogP contribution in [0.15, 0.2) is 12.3 Å². The molecule has 1 atom stereocenters. The van der Waals surface area contributed by atoms with Gasteiger partial charge >= 0.3 is 6.03 Å². The summed E-state index contributed by atoms with van der Waals surface area (Å²) >= 11 is 0. The first-order valence-corrected chi connectivity index (χ1v) is 8.73. The molecule has 0 saturated carbocycles. The zero-order chi connectivity index (χ0) is 17.3. The van der Waals surface area contributed by atoms with Crippen molar-refractivity contribution < 1.29 is 9.59 Å². The van der Waals surface area contributed by atoms with Gasteiger partial charge in [-0.2, -0.15) is 5.10 Å². The van der Waals surface area contributed by atoms with E-state index in [2.05, 4.69) is 21.4 Å². The van der Waals surface area contributed by atoms with E-state index in [-0.39, 0.29) is 11.9 Å². The number of carbonyl (C=O) groups is 2. The highest BCUT2D eigenvalue weighted by Gasteiger charge is 2.43. The molecule has 1 aromatic heterocycles. The number of piperidine rings is 1. The second-order valence-electron chi connectivity index (χ2n) is 7.38. The largest absolute Gasteiger partial charge is 0.325 e. The number of hydrogen-bond acceptors (Lipinski definition) is 4. The molecule has 0 aromatic carbocycles. The van der Waals surface area contributed by atoms with E-state index in [1.54, 1.807) is 13.8 Å². The quantitative estimate of drug-likeness (QED) is 0.825. The smallest absolute Gasteiger partial charge is 0.324 e. The Hall–Kier alpha value is -1.89. The first-order valence-electron chi connectivity index (χ1n) is 8.73. The summed E-state index contributed by atoms with van der Waals surface area (Å²) in [5.74, 6) is 0.390. The monoisotopic (exact) mass is 333 g/mol. The lowest BCUT2D eigenvalue weighted by atomic mass is 9.94. The molecule has 2 fully saturated rings. The molecule has 1 unspecified atom stereocenters. The van der Waals surface area contributed by atoms with Crippen LogP contribution in [0.2, 0.25) is 0 Å². The number of hydrogen-bond donors (Lipinski definition) is 1. The van der Waals surface area contributed by atoms with Crippen molar-refractivity contribution in [2.24, 2.45) is 7.05 Å². The van der Waals surface area contributed by atoms with Gasteiger partial charge in [0.25, 0.3) is 5.91 Å². The van der Waals surface area contributed by atoms with E-state index in [4.69, 9.17) is 0 Å². The van der Waals surface area contributed by atoms with Crippen molar-refractivity contribution in [3.8, 4) is 0 Å². The number of amides is 3. The third-order valence-electron chi connectivity index (χ3n) is 5.08. The van der Waals surface area contributed by atoms with E-state index >= 15 is 0 Å². The fraction of sp³-hybridized carbons (Fsp3) is 0.706. The van der Waals surface area contributed by atoms with Gasteiger partial charge in [0.2, 0.25) is 0 Å². The topological polar surface area (TPSA) is 70.5 Å². The maximum Gasteiger partial charge on any atom is 0.325 e. The Labute approximate surface area is 143 Å². The van der Waals surface area contributed by atoms with Crippen LogP contribution in [-0.4, -0.2) is 63.2 Å². The highest BCUT2D eigenvalue weighted by molar-refractivity contribution is 6.06. The molecule has 3 amide bonds. The van der Waals surface area contributed by atoms with Gasteiger partial charge in [0.05, 0.1) is 0 Å². The molecule has 0 spiro atoms. The summed E-state index contributed by atoms with van der Waals surface area (Å²) in [5.41, 5.74) is 0.517. The zero-order valence-electron chi connectivity index (χ0n) is 14.8. The van der Waals surface area contributed by atoms with Crippen molar-refractivity contribution in [3.63, 3.8) is 0 Å². The molecule has 0 bridgehead atoms. The molecule has 7 nitrogen and oxygen atoms in total. The fourth-order valence-electron chi connectivity index (χ4n) is 3.76. The number of rotatable bonds is 5. The Morgan fingerprint density at radius 2 is 2.12 bits per heavy atom. The molecule has 0 radical (unpaired) electrons. The first kappa shape index (κ1) is 17.0. The molecule has 0 aliphatic carbocycles. The van der Waals surface area contributed by atoms with Crippen LogP contribution in [0, 0.1) is 0 Å². The summed E-state index contributed by atoms with van der Waals surface area (Å²) in [6, 6.07) is 1.83. The number of urea groups is 1. The van der Waals surface area contributed by atoms with Crippen molar-refractivity contribution >= 4 is 11.9 Å². The molecule has 2 saturated heterocycles. The second kappa shape index (κ2) is 6.55. The van der Waals surface area contributed by atoms with Crippen molar-refractivity contribution in [1.29, 1.82) is 0 Å². The van der Waals surface area contributed by atoms with Crippen molar-refractivity contribution in [3.05, 3.63) is 18.0 Å². The zero-order valence-corrected chi connectivity index (χ0v) is 14.8. The Morgan fingerprint density at radius 1 is 1.33 bits per heavy atom. The second-order valence-corrected chi connectivity index (χ2v) is 7.38. The van der Waals surface area contributed by atoms with Crippen LogP contribution in [-0.2, 0) is 11.8 Å². The number of nitrogens with zero attached hydrogens (tertiary/aromatic N) is 4. The molecule has 2 aliphatic heterocycles. The maximum atomic E-state index is 12.2. The van der Waals surface area contributed by atoms with Crippen LogP contribution in [0.5, 0.6) is 0 Å². The number of imide groups is 1. The molecule has 24 heavy (non-hydrogen) atoms. The van der Waals surface area contributed by atoms with E-state index in [0.29, 0.717) is 12.5 Å². The van der Waals surface area contributed by atoms with Gasteiger partial charge in [0, 0.05) is 37.9 Å². The highest BCUT2D eigenvalue weighted by atomic mass is 16.2. The third kappa shape index (κ3) is 3.31. The third-order valence-corrected chi connectivity index (χ3v) is 5.08. The SMILES string of the molecule is Cn1nccc1C1CCCN(CCCN2C(=O)NC(C)(C)C2=O)C1. The standard InChI is InChI=1S/C17H27N5O2/c1-17(2)15(23)22(16(24)19-17)11-5-10-21-9-4-6-13(12-21)14-7-8-18-20(14)3/h7-8,13H,4-6,9-12H2,1-3H3,(H,19,24). The number of likely N-dealkylation sites (tertiary alicyclic amines) is 1. The summed E-state index contributed by atoms with van der Waals surface area (Å²) < 4.78 is 1.96. The lowest BCUT2D eigenvalue weighted by molar-refractivity contribution is -0.130. The van der Waals surface area contributed by atoms with Gasteiger partial charge in [0.1, 0.15) is 5.54 Å². The van der Waals surface area contributed by atoms with Gasteiger partial charge in [-0.15, -0.1) is 0 Å². The predicted molar refractivity (Wildman–Crippen MR) is 90.6 cm³/mol. The minimum Gasteiger partial charge on any atom is -0.324 e. The summed E-state index contributed by atoms with van der Waals surface area (Å²) in [6.45, 7) is 6.99. The Kier molecular flexibility index (Phi) is 4.62.